The van der Waals surface area contributed by atoms with Gasteiger partial charge >= 0.3 is 83.6 Å². The highest BCUT2D eigenvalue weighted by atomic mass is 16.7. The van der Waals surface area contributed by atoms with Gasteiger partial charge < -0.3 is 66.3 Å². The average molecular weight is 1510 g/mol. The largest absolute Gasteiger partial charge is 0.465 e. The molecule has 0 aliphatic carbocycles. The van der Waals surface area contributed by atoms with Crippen molar-refractivity contribution in [3.8, 4) is 0 Å². The van der Waals surface area contributed by atoms with Crippen LogP contribution in [0.4, 0.5) is 0 Å². The molecule has 0 aromatic heterocycles. The van der Waals surface area contributed by atoms with Gasteiger partial charge in [0.2, 0.25) is 0 Å². The van der Waals surface area contributed by atoms with Gasteiger partial charge in [0.05, 0.1) is 121 Å². The van der Waals surface area contributed by atoms with E-state index < -0.39 is 223 Å². The number of esters is 14. The molecule has 30 heteroatoms. The molecule has 8 rings (SSSR count). The van der Waals surface area contributed by atoms with Gasteiger partial charge in [0.1, 0.15) is 13.2 Å². The average Bonchev–Trinajstić information content (AvgIpc) is 0.773. The number of rotatable bonds is 31. The molecule has 8 aromatic rings. The van der Waals surface area contributed by atoms with Crippen LogP contribution in [0.2, 0.25) is 0 Å². The molecule has 0 saturated heterocycles. The second-order valence-corrected chi connectivity index (χ2v) is 23.0. The Kier molecular flexibility index (Phi) is 28.2. The van der Waals surface area contributed by atoms with Crippen molar-refractivity contribution >= 4 is 95.1 Å². The van der Waals surface area contributed by atoms with Crippen LogP contribution in [0.1, 0.15) is 180 Å². The van der Waals surface area contributed by atoms with Gasteiger partial charge in [0, 0.05) is 11.1 Å². The molecule has 30 nitrogen and oxygen atoms in total. The van der Waals surface area contributed by atoms with Gasteiger partial charge in [0.15, 0.2) is 48.2 Å². The smallest absolute Gasteiger partial charge is 0.339 e. The molecule has 566 valence electrons. The molecule has 0 heterocycles. The van der Waals surface area contributed by atoms with Crippen LogP contribution in [0.15, 0.2) is 194 Å². The minimum absolute atomic E-state index is 0.262. The van der Waals surface area contributed by atoms with Gasteiger partial charge in [-0.1, -0.05) is 109 Å². The Labute approximate surface area is 625 Å². The van der Waals surface area contributed by atoms with Gasteiger partial charge in [-0.15, -0.1) is 0 Å². The van der Waals surface area contributed by atoms with Crippen molar-refractivity contribution in [3.63, 3.8) is 0 Å². The third-order valence-corrected chi connectivity index (χ3v) is 16.3. The van der Waals surface area contributed by atoms with E-state index >= 15 is 28.8 Å². The lowest BCUT2D eigenvalue weighted by Crippen LogP contribution is -2.60. The van der Waals surface area contributed by atoms with Crippen molar-refractivity contribution in [2.45, 2.75) is 50.5 Å². The van der Waals surface area contributed by atoms with Gasteiger partial charge in [0.25, 0.3) is 0 Å². The lowest BCUT2D eigenvalue weighted by atomic mass is 9.94. The highest BCUT2D eigenvalue weighted by molar-refractivity contribution is 6.09. The maximum absolute atomic E-state index is 16.0. The van der Waals surface area contributed by atoms with Crippen LogP contribution in [0.3, 0.4) is 0 Å². The number of carbonyl (C=O) groups is 16. The van der Waals surface area contributed by atoms with Crippen LogP contribution >= 0.6 is 0 Å². The van der Waals surface area contributed by atoms with E-state index in [4.69, 9.17) is 66.3 Å². The molecule has 6 unspecified atom stereocenters. The van der Waals surface area contributed by atoms with Crippen molar-refractivity contribution < 1.29 is 143 Å². The Morgan fingerprint density at radius 2 is 0.345 bits per heavy atom. The Hall–Kier alpha value is -14.3. The van der Waals surface area contributed by atoms with Crippen LogP contribution in [-0.2, 0) is 66.3 Å². The van der Waals surface area contributed by atoms with E-state index in [1.807, 2.05) is 0 Å². The van der Waals surface area contributed by atoms with Crippen molar-refractivity contribution in [2.24, 2.45) is 0 Å². The lowest BCUT2D eigenvalue weighted by Gasteiger charge is -2.40. The summed E-state index contributed by atoms with van der Waals surface area (Å²) in [6, 6.07) is 37.3. The fourth-order valence-corrected chi connectivity index (χ4v) is 11.0. The summed E-state index contributed by atoms with van der Waals surface area (Å²) in [7, 11) is 5.60. The zero-order chi connectivity index (χ0) is 79.9. The summed E-state index contributed by atoms with van der Waals surface area (Å²) in [5, 5.41) is 0. The molecule has 0 amide bonds. The van der Waals surface area contributed by atoms with Crippen LogP contribution in [0.5, 0.6) is 0 Å². The van der Waals surface area contributed by atoms with Crippen LogP contribution in [0.25, 0.3) is 0 Å². The van der Waals surface area contributed by atoms with E-state index in [2.05, 4.69) is 0 Å². The number of carbonyl (C=O) groups excluding carboxylic acids is 16. The molecule has 0 bridgehead atoms. The molecule has 0 fully saturated rings. The first-order valence-corrected chi connectivity index (χ1v) is 32.7. The first kappa shape index (κ1) is 81.4. The predicted molar refractivity (Wildman–Crippen MR) is 375 cm³/mol. The first-order chi connectivity index (χ1) is 52.8. The number of Topliss-reactive ketones (excluding diaryl/α,β-unsaturated/α-hetero) is 2. The lowest BCUT2D eigenvalue weighted by molar-refractivity contribution is -0.169. The Balaban J connectivity index is 1.58. The predicted octanol–water partition coefficient (Wildman–Crippen LogP) is 9.18. The number of ether oxygens (including phenoxy) is 14. The van der Waals surface area contributed by atoms with Gasteiger partial charge in [-0.25, -0.2) is 67.1 Å². The quantitative estimate of drug-likeness (QED) is 0.0222. The summed E-state index contributed by atoms with van der Waals surface area (Å²) in [5.41, 5.74) is -9.53. The zero-order valence-corrected chi connectivity index (χ0v) is 59.6. The molecule has 6 atom stereocenters. The zero-order valence-electron chi connectivity index (χ0n) is 59.6. The Morgan fingerprint density at radius 3 is 0.536 bits per heavy atom. The topological polar surface area (TPSA) is 402 Å². The Morgan fingerprint density at radius 1 is 0.200 bits per heavy atom. The molecule has 0 aliphatic rings. The maximum atomic E-state index is 16.0. The number of benzene rings is 8. The molecule has 0 saturated carbocycles. The number of hydrogen-bond acceptors (Lipinski definition) is 30. The Bertz CT molecular complexity index is 4840. The normalized spacial score (nSPS) is 12.3. The van der Waals surface area contributed by atoms with Crippen molar-refractivity contribution in [1.82, 2.24) is 0 Å². The number of methoxy groups -OCH3 is 6. The van der Waals surface area contributed by atoms with E-state index in [-0.39, 0.29) is 11.1 Å². The van der Waals surface area contributed by atoms with Crippen LogP contribution in [0, 0.1) is 0 Å². The van der Waals surface area contributed by atoms with Crippen molar-refractivity contribution in [1.29, 1.82) is 0 Å². The number of ketones is 2. The molecule has 8 aromatic carbocycles. The third kappa shape index (κ3) is 19.4. The SMILES string of the molecule is COC(=O)c1ccccc1C(=O)OCC(OC(=O)c1ccccc1C(=O)OC)C(OC(=O)c1ccccc1C(=O)OC)C(OC(=O)c1ccccc1C(=O)OC)C(OC(=O)c1ccccc1C(=O)OC)C(OC(=O)c1ccccc1C(=O)OC)C(COC(=O)c1ccccc1C(C)=O)OC(=O)c1ccccc1C(C)=O. The van der Waals surface area contributed by atoms with Gasteiger partial charge in [-0.3, -0.25) is 9.59 Å². The summed E-state index contributed by atoms with van der Waals surface area (Å²) >= 11 is 0. The van der Waals surface area contributed by atoms with E-state index in [1.54, 1.807) is 0 Å². The summed E-state index contributed by atoms with van der Waals surface area (Å²) in [4.78, 5) is 233. The van der Waals surface area contributed by atoms with E-state index in [0.29, 0.717) is 0 Å². The molecule has 0 spiro atoms. The summed E-state index contributed by atoms with van der Waals surface area (Å²) in [6.07, 6.45) is -18.0. The van der Waals surface area contributed by atoms with E-state index in [1.165, 1.54) is 109 Å². The van der Waals surface area contributed by atoms with Crippen molar-refractivity contribution in [2.75, 3.05) is 55.9 Å². The van der Waals surface area contributed by atoms with E-state index in [0.717, 1.165) is 141 Å². The molecular formula is C80H66O30. The maximum Gasteiger partial charge on any atom is 0.339 e. The summed E-state index contributed by atoms with van der Waals surface area (Å²) in [6.45, 7) is -0.947. The molecule has 0 aliphatic heterocycles. The monoisotopic (exact) mass is 1510 g/mol. The van der Waals surface area contributed by atoms with Gasteiger partial charge in [-0.2, -0.15) is 0 Å². The van der Waals surface area contributed by atoms with Crippen molar-refractivity contribution in [3.05, 3.63) is 283 Å². The third-order valence-electron chi connectivity index (χ3n) is 16.3. The molecule has 110 heavy (non-hydrogen) atoms. The second-order valence-electron chi connectivity index (χ2n) is 23.0. The minimum atomic E-state index is -3.18. The fraction of sp³-hybridized carbons (Fsp3) is 0.200. The molecular weight excluding hydrogens is 1440 g/mol. The highest BCUT2D eigenvalue weighted by Crippen LogP contribution is 2.33. The fourth-order valence-electron chi connectivity index (χ4n) is 11.0. The van der Waals surface area contributed by atoms with E-state index in [9.17, 15) is 47.9 Å². The minimum Gasteiger partial charge on any atom is -0.465 e. The highest BCUT2D eigenvalue weighted by Gasteiger charge is 2.54. The molecule has 0 N–H and O–H groups in total. The van der Waals surface area contributed by atoms with Gasteiger partial charge in [-0.05, 0) is 98.8 Å². The summed E-state index contributed by atoms with van der Waals surface area (Å²) in [5.74, 6) is -22.0. The molecule has 0 radical (unpaired) electrons. The summed E-state index contributed by atoms with van der Waals surface area (Å²) < 4.78 is 80.1. The number of hydrogen-bond donors (Lipinski definition) is 0. The standard InChI is InChI=1S/C80H66O30/c1-43(81)45-25-9-11-27-47(45)73(89)103-41-61(105-75(91)48-28-12-10-26-46(48)44(2)82)63(107-77(93)57-37-21-15-31-51(57)69(85)99-5)65(109-79(95)59-39-23-17-33-53(59)71(87)101-7)66(110-80(96)60-40-24-18-34-54(60)72(88)102-8)64(108-78(94)58-38-22-16-32-52(58)70(86)100-6)62(106-76(92)56-36-20-14-30-50(56)68(84)98-4)42-104-74(90)55-35-19-13-29-49(55)67(83)97-3/h9-40,61-66H,41-42H2,1-8H3. The second kappa shape index (κ2) is 38.1. The van der Waals surface area contributed by atoms with Crippen LogP contribution < -0.4 is 0 Å². The van der Waals surface area contributed by atoms with Crippen LogP contribution in [-0.4, -0.2) is 188 Å². The first-order valence-electron chi connectivity index (χ1n) is 32.7.